The summed E-state index contributed by atoms with van der Waals surface area (Å²) in [6, 6.07) is 7.56. The normalized spacial score (nSPS) is 17.1. The Hall–Kier alpha value is -2.53. The number of nitrogens with one attached hydrogen (secondary N) is 3. The number of carbonyl (C=O) groups is 3. The van der Waals surface area contributed by atoms with Gasteiger partial charge in [0.15, 0.2) is 5.82 Å². The second-order valence-electron chi connectivity index (χ2n) is 10.9. The minimum atomic E-state index is -1.50. The Bertz CT molecular complexity index is 1670. The van der Waals surface area contributed by atoms with Crippen molar-refractivity contribution in [2.75, 3.05) is 16.0 Å². The van der Waals surface area contributed by atoms with E-state index in [4.69, 9.17) is 74.3 Å². The Morgan fingerprint density at radius 2 is 1.50 bits per heavy atom. The highest BCUT2D eigenvalue weighted by Crippen LogP contribution is 2.65. The molecule has 7 nitrogen and oxygen atoms in total. The van der Waals surface area contributed by atoms with Gasteiger partial charge in [-0.2, -0.15) is 0 Å². The van der Waals surface area contributed by atoms with Crippen LogP contribution in [0.5, 0.6) is 0 Å². The summed E-state index contributed by atoms with van der Waals surface area (Å²) in [6.07, 6.45) is -0.986. The molecule has 44 heavy (non-hydrogen) atoms. The highest BCUT2D eigenvalue weighted by atomic mass is 35.5. The van der Waals surface area contributed by atoms with Gasteiger partial charge >= 0.3 is 6.09 Å². The average molecular weight is 728 g/mol. The molecule has 3 amide bonds. The van der Waals surface area contributed by atoms with Gasteiger partial charge < -0.3 is 15.4 Å². The molecule has 0 spiro atoms. The number of alkyl halides is 2. The zero-order valence-corrected chi connectivity index (χ0v) is 27.8. The lowest BCUT2D eigenvalue weighted by Crippen LogP contribution is -2.27. The molecule has 15 heteroatoms. The van der Waals surface area contributed by atoms with Crippen LogP contribution in [0, 0.1) is 24.5 Å². The fourth-order valence-corrected chi connectivity index (χ4v) is 6.04. The molecule has 0 saturated heterocycles. The molecule has 3 aromatic rings. The minimum absolute atomic E-state index is 0.0388. The lowest BCUT2D eigenvalue weighted by atomic mass is 10.1. The van der Waals surface area contributed by atoms with Gasteiger partial charge in [-0.25, -0.2) is 13.6 Å². The first-order chi connectivity index (χ1) is 20.3. The summed E-state index contributed by atoms with van der Waals surface area (Å²) < 4.78 is 33.4. The molecule has 1 aliphatic carbocycles. The van der Waals surface area contributed by atoms with Crippen molar-refractivity contribution < 1.29 is 27.9 Å². The summed E-state index contributed by atoms with van der Waals surface area (Å²) in [5.41, 5.74) is -1.38. The predicted octanol–water partition coefficient (Wildman–Crippen LogP) is 10.0. The number of benzene rings is 3. The maximum atomic E-state index is 15.2. The van der Waals surface area contributed by atoms with Gasteiger partial charge in [0, 0.05) is 11.6 Å². The van der Waals surface area contributed by atoms with Gasteiger partial charge in [0.2, 0.25) is 5.91 Å². The van der Waals surface area contributed by atoms with E-state index in [2.05, 4.69) is 16.0 Å². The number of amides is 3. The number of halogens is 8. The third-order valence-electron chi connectivity index (χ3n) is 6.43. The van der Waals surface area contributed by atoms with Crippen LogP contribution in [0.1, 0.15) is 48.2 Å². The van der Waals surface area contributed by atoms with E-state index in [0.29, 0.717) is 11.1 Å². The van der Waals surface area contributed by atoms with Crippen LogP contribution in [0.2, 0.25) is 20.1 Å². The van der Waals surface area contributed by atoms with Crippen molar-refractivity contribution >= 4 is 105 Å². The van der Waals surface area contributed by atoms with Gasteiger partial charge in [-0.05, 0) is 75.2 Å². The van der Waals surface area contributed by atoms with Crippen molar-refractivity contribution in [3.05, 3.63) is 84.8 Å². The first kappa shape index (κ1) is 34.3. The van der Waals surface area contributed by atoms with E-state index in [0.717, 1.165) is 12.1 Å². The van der Waals surface area contributed by atoms with Crippen LogP contribution in [0.15, 0.2) is 36.4 Å². The number of ether oxygens (including phenoxy) is 1. The molecular formula is C29H23Cl6F2N3O4. The van der Waals surface area contributed by atoms with Crippen LogP contribution in [-0.2, 0) is 9.53 Å². The molecule has 4 rings (SSSR count). The summed E-state index contributed by atoms with van der Waals surface area (Å²) in [5.74, 6) is -5.58. The van der Waals surface area contributed by atoms with E-state index in [-0.39, 0.29) is 31.3 Å². The third-order valence-corrected chi connectivity index (χ3v) is 9.07. The van der Waals surface area contributed by atoms with Crippen LogP contribution in [0.25, 0.3) is 0 Å². The second-order valence-corrected chi connectivity index (χ2v) is 14.0. The molecular weight excluding hydrogens is 705 g/mol. The minimum Gasteiger partial charge on any atom is -0.444 e. The summed E-state index contributed by atoms with van der Waals surface area (Å²) in [6.45, 7) is 6.39. The van der Waals surface area contributed by atoms with Crippen molar-refractivity contribution in [2.45, 2.75) is 43.5 Å². The molecule has 3 aromatic carbocycles. The van der Waals surface area contributed by atoms with E-state index in [1.807, 2.05) is 0 Å². The van der Waals surface area contributed by atoms with E-state index in [9.17, 15) is 18.8 Å². The molecule has 234 valence electrons. The van der Waals surface area contributed by atoms with Crippen molar-refractivity contribution in [1.29, 1.82) is 0 Å². The number of hydrogen-bond acceptors (Lipinski definition) is 4. The number of carbonyl (C=O) groups excluding carboxylic acids is 3. The largest absolute Gasteiger partial charge is 0.444 e. The van der Waals surface area contributed by atoms with Crippen LogP contribution >= 0.6 is 69.6 Å². The molecule has 0 aliphatic heterocycles. The van der Waals surface area contributed by atoms with Crippen LogP contribution < -0.4 is 16.0 Å². The summed E-state index contributed by atoms with van der Waals surface area (Å²) in [5, 5.41) is 7.39. The Morgan fingerprint density at radius 3 is 2.09 bits per heavy atom. The highest BCUT2D eigenvalue weighted by molar-refractivity contribution is 6.54. The summed E-state index contributed by atoms with van der Waals surface area (Å²) >= 11 is 37.5. The van der Waals surface area contributed by atoms with Crippen molar-refractivity contribution in [3.8, 4) is 0 Å². The molecule has 3 N–H and O–H groups in total. The Labute approximate surface area is 281 Å². The fourth-order valence-electron chi connectivity index (χ4n) is 4.41. The average Bonchev–Trinajstić information content (AvgIpc) is 3.49. The maximum absolute atomic E-state index is 15.2. The van der Waals surface area contributed by atoms with Crippen molar-refractivity contribution in [3.63, 3.8) is 0 Å². The van der Waals surface area contributed by atoms with Gasteiger partial charge in [-0.3, -0.25) is 14.9 Å². The zero-order valence-electron chi connectivity index (χ0n) is 23.3. The van der Waals surface area contributed by atoms with Gasteiger partial charge in [0.25, 0.3) is 5.91 Å². The molecule has 1 fully saturated rings. The predicted molar refractivity (Wildman–Crippen MR) is 171 cm³/mol. The van der Waals surface area contributed by atoms with E-state index < -0.39 is 62.7 Å². The smallest absolute Gasteiger partial charge is 0.412 e. The Kier molecular flexibility index (Phi) is 9.91. The van der Waals surface area contributed by atoms with Gasteiger partial charge in [-0.1, -0.05) is 46.4 Å². The number of rotatable bonds is 6. The first-order valence-electron chi connectivity index (χ1n) is 12.7. The zero-order chi connectivity index (χ0) is 32.9. The molecule has 0 bridgehead atoms. The quantitative estimate of drug-likeness (QED) is 0.174. The van der Waals surface area contributed by atoms with Crippen LogP contribution in [0.3, 0.4) is 0 Å². The number of anilines is 3. The van der Waals surface area contributed by atoms with Crippen LogP contribution in [-0.4, -0.2) is 27.8 Å². The maximum Gasteiger partial charge on any atom is 0.412 e. The molecule has 0 aromatic heterocycles. The monoisotopic (exact) mass is 725 g/mol. The molecule has 2 atom stereocenters. The third kappa shape index (κ3) is 7.30. The van der Waals surface area contributed by atoms with Gasteiger partial charge in [0.05, 0.1) is 37.3 Å². The SMILES string of the molecule is Cc1cc(NC(=O)[C@H]2[C@H](c3cc(Cl)c(Cl)c(Cl)c3)C2(Cl)Cl)cc(C(=O)Nc2c(F)ccc(NC(=O)OC(C)(C)C)c2F)c1Cl. The Balaban J connectivity index is 1.55. The topological polar surface area (TPSA) is 96.5 Å². The molecule has 0 unspecified atom stereocenters. The van der Waals surface area contributed by atoms with E-state index >= 15 is 4.39 Å². The van der Waals surface area contributed by atoms with E-state index in [1.165, 1.54) is 24.3 Å². The summed E-state index contributed by atoms with van der Waals surface area (Å²) in [4.78, 5) is 38.5. The number of hydrogen-bond donors (Lipinski definition) is 3. The van der Waals surface area contributed by atoms with Gasteiger partial charge in [0.1, 0.15) is 21.4 Å². The second kappa shape index (κ2) is 12.7. The van der Waals surface area contributed by atoms with Crippen molar-refractivity contribution in [1.82, 2.24) is 0 Å². The fraction of sp³-hybridized carbons (Fsp3) is 0.276. The lowest BCUT2D eigenvalue weighted by molar-refractivity contribution is -0.117. The number of aryl methyl sites for hydroxylation is 1. The summed E-state index contributed by atoms with van der Waals surface area (Å²) in [7, 11) is 0. The Morgan fingerprint density at radius 1 is 0.886 bits per heavy atom. The first-order valence-corrected chi connectivity index (χ1v) is 15.0. The van der Waals surface area contributed by atoms with Crippen LogP contribution in [0.4, 0.5) is 30.6 Å². The molecule has 0 radical (unpaired) electrons. The van der Waals surface area contributed by atoms with Crippen molar-refractivity contribution in [2.24, 2.45) is 5.92 Å². The van der Waals surface area contributed by atoms with E-state index in [1.54, 1.807) is 27.7 Å². The van der Waals surface area contributed by atoms with Gasteiger partial charge in [-0.15, -0.1) is 23.2 Å². The standard InChI is InChI=1S/C29H23Cl6F2N3O4/c1-11-7-13(38-26(42)20-19(29(20,34)35)12-8-15(30)22(33)16(31)9-12)10-14(21(11)32)25(41)40-24-17(36)5-6-18(23(24)37)39-27(43)44-28(2,3)4/h5-10,19-20H,1-4H3,(H,38,42)(H,39,43)(H,40,41)/t19-,20+/m0/s1. The molecule has 1 saturated carbocycles. The molecule has 1 aliphatic rings. The highest BCUT2D eigenvalue weighted by Gasteiger charge is 2.67. The lowest BCUT2D eigenvalue weighted by Gasteiger charge is -2.20. The molecule has 0 heterocycles.